The predicted molar refractivity (Wildman–Crippen MR) is 118 cm³/mol. The fourth-order valence-electron chi connectivity index (χ4n) is 3.80. The molecule has 1 aromatic heterocycles. The number of carbonyl (C=O) groups excluding carboxylic acids is 1. The zero-order chi connectivity index (χ0) is 20.3. The van der Waals surface area contributed by atoms with Gasteiger partial charge in [-0.3, -0.25) is 4.79 Å². The van der Waals surface area contributed by atoms with Crippen LogP contribution < -0.4 is 15.0 Å². The highest BCUT2D eigenvalue weighted by Gasteiger charge is 2.20. The minimum atomic E-state index is -0.182. The summed E-state index contributed by atoms with van der Waals surface area (Å²) in [5.74, 6) is 1.58. The number of nitrogens with zero attached hydrogens (tertiary/aromatic N) is 3. The Kier molecular flexibility index (Phi) is 4.81. The lowest BCUT2D eigenvalue weighted by atomic mass is 10.2. The highest BCUT2D eigenvalue weighted by atomic mass is 16.5. The summed E-state index contributed by atoms with van der Waals surface area (Å²) in [5, 5.41) is 2.88. The summed E-state index contributed by atoms with van der Waals surface area (Å²) in [5.41, 5.74) is 4.12. The van der Waals surface area contributed by atoms with E-state index in [1.54, 1.807) is 0 Å². The Bertz CT molecular complexity index is 1170. The van der Waals surface area contributed by atoms with Crippen LogP contribution in [-0.2, 0) is 17.9 Å². The van der Waals surface area contributed by atoms with Gasteiger partial charge in [-0.05, 0) is 48.5 Å². The molecule has 0 bridgehead atoms. The van der Waals surface area contributed by atoms with Crippen LogP contribution in [0.5, 0.6) is 5.75 Å². The third-order valence-electron chi connectivity index (χ3n) is 5.29. The molecule has 1 aliphatic rings. The maximum absolute atomic E-state index is 12.1. The fraction of sp³-hybridized carbons (Fsp3) is 0.167. The van der Waals surface area contributed by atoms with E-state index in [4.69, 9.17) is 9.72 Å². The Morgan fingerprint density at radius 1 is 0.933 bits per heavy atom. The first kappa shape index (κ1) is 18.2. The molecule has 0 radical (unpaired) electrons. The van der Waals surface area contributed by atoms with Gasteiger partial charge in [0, 0.05) is 24.5 Å². The lowest BCUT2D eigenvalue weighted by molar-refractivity contribution is -0.118. The Labute approximate surface area is 174 Å². The number of rotatable bonds is 5. The van der Waals surface area contributed by atoms with Crippen molar-refractivity contribution in [2.45, 2.75) is 13.1 Å². The van der Waals surface area contributed by atoms with Crippen LogP contribution in [0.25, 0.3) is 11.0 Å². The SMILES string of the molecule is O=C(COc1ccccc1)Nc1ccc(N2CCn3c(nc4ccccc43)C2)cc1. The number of hydrogen-bond donors (Lipinski definition) is 1. The van der Waals surface area contributed by atoms with E-state index in [0.717, 1.165) is 42.4 Å². The number of anilines is 2. The van der Waals surface area contributed by atoms with Gasteiger partial charge in [0.1, 0.15) is 11.6 Å². The van der Waals surface area contributed by atoms with E-state index in [1.807, 2.05) is 60.7 Å². The highest BCUT2D eigenvalue weighted by Crippen LogP contribution is 2.25. The van der Waals surface area contributed by atoms with E-state index < -0.39 is 0 Å². The van der Waals surface area contributed by atoms with Crippen LogP contribution >= 0.6 is 0 Å². The van der Waals surface area contributed by atoms with Crippen LogP contribution in [0.4, 0.5) is 11.4 Å². The molecular formula is C24H22N4O2. The van der Waals surface area contributed by atoms with Crippen molar-refractivity contribution in [2.24, 2.45) is 0 Å². The van der Waals surface area contributed by atoms with E-state index in [9.17, 15) is 4.79 Å². The molecule has 0 aliphatic carbocycles. The van der Waals surface area contributed by atoms with Gasteiger partial charge in [-0.1, -0.05) is 30.3 Å². The van der Waals surface area contributed by atoms with Crippen LogP contribution in [-0.4, -0.2) is 28.6 Å². The quantitative estimate of drug-likeness (QED) is 0.550. The number of nitrogens with one attached hydrogen (secondary N) is 1. The smallest absolute Gasteiger partial charge is 0.262 e. The molecule has 0 atom stereocenters. The van der Waals surface area contributed by atoms with Crippen molar-refractivity contribution in [3.63, 3.8) is 0 Å². The minimum absolute atomic E-state index is 0.0197. The van der Waals surface area contributed by atoms with E-state index in [1.165, 1.54) is 5.52 Å². The second-order valence-corrected chi connectivity index (χ2v) is 7.29. The summed E-state index contributed by atoms with van der Waals surface area (Å²) in [7, 11) is 0. The standard InChI is InChI=1S/C24H22N4O2/c29-24(17-30-20-6-2-1-3-7-20)25-18-10-12-19(13-11-18)27-14-15-28-22-9-5-4-8-21(22)26-23(28)16-27/h1-13H,14-17H2,(H,25,29). The van der Waals surface area contributed by atoms with Crippen molar-refractivity contribution >= 4 is 28.3 Å². The third kappa shape index (κ3) is 3.72. The second kappa shape index (κ2) is 7.91. The number of carbonyl (C=O) groups is 1. The van der Waals surface area contributed by atoms with Crippen LogP contribution in [0.1, 0.15) is 5.82 Å². The summed E-state index contributed by atoms with van der Waals surface area (Å²) in [6.07, 6.45) is 0. The number of benzene rings is 3. The Balaban J connectivity index is 1.21. The minimum Gasteiger partial charge on any atom is -0.484 e. The lowest BCUT2D eigenvalue weighted by Gasteiger charge is -2.30. The number of para-hydroxylation sites is 3. The zero-order valence-corrected chi connectivity index (χ0v) is 16.5. The molecule has 0 unspecified atom stereocenters. The summed E-state index contributed by atoms with van der Waals surface area (Å²) >= 11 is 0. The number of aromatic nitrogens is 2. The predicted octanol–water partition coefficient (Wildman–Crippen LogP) is 4.07. The Morgan fingerprint density at radius 2 is 1.70 bits per heavy atom. The molecule has 1 aliphatic heterocycles. The monoisotopic (exact) mass is 398 g/mol. The van der Waals surface area contributed by atoms with Gasteiger partial charge in [0.2, 0.25) is 0 Å². The van der Waals surface area contributed by atoms with Crippen LogP contribution in [0.2, 0.25) is 0 Å². The van der Waals surface area contributed by atoms with Crippen molar-refractivity contribution in [2.75, 3.05) is 23.4 Å². The van der Waals surface area contributed by atoms with E-state index in [2.05, 4.69) is 33.0 Å². The molecule has 2 heterocycles. The molecule has 5 rings (SSSR count). The maximum Gasteiger partial charge on any atom is 0.262 e. The van der Waals surface area contributed by atoms with Gasteiger partial charge in [0.15, 0.2) is 6.61 Å². The van der Waals surface area contributed by atoms with Crippen LogP contribution in [0.3, 0.4) is 0 Å². The second-order valence-electron chi connectivity index (χ2n) is 7.29. The molecule has 6 heteroatoms. The van der Waals surface area contributed by atoms with Gasteiger partial charge < -0.3 is 19.5 Å². The number of hydrogen-bond acceptors (Lipinski definition) is 4. The topological polar surface area (TPSA) is 59.4 Å². The molecule has 3 aromatic carbocycles. The maximum atomic E-state index is 12.1. The van der Waals surface area contributed by atoms with Gasteiger partial charge in [-0.15, -0.1) is 0 Å². The molecular weight excluding hydrogens is 376 g/mol. The van der Waals surface area contributed by atoms with Gasteiger partial charge in [-0.2, -0.15) is 0 Å². The Hall–Kier alpha value is -3.80. The molecule has 1 amide bonds. The average molecular weight is 398 g/mol. The summed E-state index contributed by atoms with van der Waals surface area (Å²) < 4.78 is 7.79. The van der Waals surface area contributed by atoms with E-state index in [0.29, 0.717) is 5.75 Å². The normalized spacial score (nSPS) is 13.1. The first-order valence-corrected chi connectivity index (χ1v) is 10.0. The summed E-state index contributed by atoms with van der Waals surface area (Å²) in [4.78, 5) is 19.2. The molecule has 4 aromatic rings. The number of imidazole rings is 1. The van der Waals surface area contributed by atoms with Crippen LogP contribution in [0.15, 0.2) is 78.9 Å². The summed E-state index contributed by atoms with van der Waals surface area (Å²) in [6.45, 7) is 2.58. The molecule has 30 heavy (non-hydrogen) atoms. The molecule has 6 nitrogen and oxygen atoms in total. The van der Waals surface area contributed by atoms with Gasteiger partial charge in [0.25, 0.3) is 5.91 Å². The molecule has 1 N–H and O–H groups in total. The molecule has 0 fully saturated rings. The average Bonchev–Trinajstić information content (AvgIpc) is 3.17. The van der Waals surface area contributed by atoms with Crippen molar-refractivity contribution < 1.29 is 9.53 Å². The van der Waals surface area contributed by atoms with Gasteiger partial charge in [0.05, 0.1) is 17.6 Å². The van der Waals surface area contributed by atoms with Crippen molar-refractivity contribution in [1.82, 2.24) is 9.55 Å². The molecule has 0 saturated heterocycles. The van der Waals surface area contributed by atoms with Crippen LogP contribution in [0, 0.1) is 0 Å². The molecule has 0 spiro atoms. The van der Waals surface area contributed by atoms with E-state index >= 15 is 0 Å². The number of ether oxygens (including phenoxy) is 1. The Morgan fingerprint density at radius 3 is 2.53 bits per heavy atom. The molecule has 150 valence electrons. The van der Waals surface area contributed by atoms with Gasteiger partial charge >= 0.3 is 0 Å². The number of fused-ring (bicyclic) bond motifs is 3. The largest absolute Gasteiger partial charge is 0.484 e. The van der Waals surface area contributed by atoms with E-state index in [-0.39, 0.29) is 12.5 Å². The summed E-state index contributed by atoms with van der Waals surface area (Å²) in [6, 6.07) is 25.5. The number of amides is 1. The lowest BCUT2D eigenvalue weighted by Crippen LogP contribution is -2.33. The fourth-order valence-corrected chi connectivity index (χ4v) is 3.80. The first-order valence-electron chi connectivity index (χ1n) is 10.0. The van der Waals surface area contributed by atoms with Crippen molar-refractivity contribution in [3.8, 4) is 5.75 Å². The highest BCUT2D eigenvalue weighted by molar-refractivity contribution is 5.92. The third-order valence-corrected chi connectivity index (χ3v) is 5.29. The van der Waals surface area contributed by atoms with Crippen molar-refractivity contribution in [1.29, 1.82) is 0 Å². The van der Waals surface area contributed by atoms with Gasteiger partial charge in [-0.25, -0.2) is 4.98 Å². The molecule has 0 saturated carbocycles. The van der Waals surface area contributed by atoms with Crippen molar-refractivity contribution in [3.05, 3.63) is 84.7 Å². The zero-order valence-electron chi connectivity index (χ0n) is 16.5. The first-order chi connectivity index (χ1) is 14.8.